The highest BCUT2D eigenvalue weighted by Crippen LogP contribution is 2.40. The molecule has 162 valence electrons. The van der Waals surface area contributed by atoms with E-state index in [0.717, 1.165) is 46.6 Å². The molecule has 0 radical (unpaired) electrons. The molecule has 0 saturated heterocycles. The van der Waals surface area contributed by atoms with E-state index >= 15 is 0 Å². The molecule has 3 heterocycles. The minimum absolute atomic E-state index is 0.0723. The Morgan fingerprint density at radius 1 is 0.939 bits per heavy atom. The van der Waals surface area contributed by atoms with Gasteiger partial charge in [-0.1, -0.05) is 30.3 Å². The lowest BCUT2D eigenvalue weighted by Gasteiger charge is -2.09. The average molecular weight is 435 g/mol. The van der Waals surface area contributed by atoms with Gasteiger partial charge in [-0.05, 0) is 54.8 Å². The van der Waals surface area contributed by atoms with Crippen molar-refractivity contribution in [3.63, 3.8) is 0 Å². The largest absolute Gasteiger partial charge is 0.310 e. The van der Waals surface area contributed by atoms with Gasteiger partial charge in [-0.15, -0.1) is 0 Å². The maximum absolute atomic E-state index is 12.9. The zero-order valence-electron chi connectivity index (χ0n) is 17.9. The topological polar surface area (TPSA) is 77.6 Å². The number of hydrogen-bond donors (Lipinski definition) is 1. The number of nitrogens with zero attached hydrogens (tertiary/aromatic N) is 5. The molecule has 0 spiro atoms. The Labute approximate surface area is 190 Å². The van der Waals surface area contributed by atoms with Gasteiger partial charge < -0.3 is 5.32 Å². The highest BCUT2D eigenvalue weighted by atomic mass is 16.1. The van der Waals surface area contributed by atoms with E-state index < -0.39 is 0 Å². The summed E-state index contributed by atoms with van der Waals surface area (Å²) < 4.78 is 3.77. The third-order valence-electron chi connectivity index (χ3n) is 5.88. The molecule has 7 nitrogen and oxygen atoms in total. The second-order valence-corrected chi connectivity index (χ2v) is 8.33. The van der Waals surface area contributed by atoms with Crippen molar-refractivity contribution in [2.45, 2.75) is 25.2 Å². The first kappa shape index (κ1) is 19.4. The standard InChI is InChI=1S/C26H22N6O/c33-25(29-24-16-23(19-10-11-19)30-32(24)21-5-2-1-3-6-21)15-18-8-12-20(13-9-18)31-17-28-22-7-4-14-27-26(22)31/h1-9,12-14,16-17,19H,10-11,15H2,(H,29,33). The Hall–Kier alpha value is -4.26. The predicted molar refractivity (Wildman–Crippen MR) is 127 cm³/mol. The fourth-order valence-corrected chi connectivity index (χ4v) is 4.02. The lowest BCUT2D eigenvalue weighted by atomic mass is 10.1. The summed E-state index contributed by atoms with van der Waals surface area (Å²) in [4.78, 5) is 21.7. The number of fused-ring (bicyclic) bond motifs is 1. The quantitative estimate of drug-likeness (QED) is 0.421. The van der Waals surface area contributed by atoms with Crippen molar-refractivity contribution in [3.05, 3.63) is 96.6 Å². The fraction of sp³-hybridized carbons (Fsp3) is 0.154. The van der Waals surface area contributed by atoms with Gasteiger partial charge in [0.05, 0.1) is 17.8 Å². The van der Waals surface area contributed by atoms with Gasteiger partial charge in [0.2, 0.25) is 5.91 Å². The van der Waals surface area contributed by atoms with Gasteiger partial charge in [0.25, 0.3) is 0 Å². The molecule has 3 aromatic heterocycles. The highest BCUT2D eigenvalue weighted by Gasteiger charge is 2.28. The minimum Gasteiger partial charge on any atom is -0.310 e. The van der Waals surface area contributed by atoms with Crippen LogP contribution in [0, 0.1) is 0 Å². The molecule has 0 atom stereocenters. The first-order valence-corrected chi connectivity index (χ1v) is 11.1. The van der Waals surface area contributed by atoms with Gasteiger partial charge in [0.15, 0.2) is 5.65 Å². The summed E-state index contributed by atoms with van der Waals surface area (Å²) in [6.45, 7) is 0. The smallest absolute Gasteiger partial charge is 0.229 e. The van der Waals surface area contributed by atoms with Crippen molar-refractivity contribution >= 4 is 22.9 Å². The first-order valence-electron chi connectivity index (χ1n) is 11.1. The number of anilines is 1. The number of carbonyl (C=O) groups excluding carboxylic acids is 1. The van der Waals surface area contributed by atoms with Crippen LogP contribution in [-0.4, -0.2) is 30.2 Å². The van der Waals surface area contributed by atoms with E-state index in [4.69, 9.17) is 5.10 Å². The van der Waals surface area contributed by atoms with Crippen LogP contribution in [0.2, 0.25) is 0 Å². The molecule has 5 aromatic rings. The van der Waals surface area contributed by atoms with E-state index in [0.29, 0.717) is 11.7 Å². The average Bonchev–Trinajstić information content (AvgIpc) is 3.48. The first-order chi connectivity index (χ1) is 16.2. The Morgan fingerprint density at radius 3 is 2.55 bits per heavy atom. The van der Waals surface area contributed by atoms with Gasteiger partial charge in [0, 0.05) is 23.9 Å². The van der Waals surface area contributed by atoms with Gasteiger partial charge in [-0.2, -0.15) is 5.10 Å². The van der Waals surface area contributed by atoms with Crippen LogP contribution in [0.3, 0.4) is 0 Å². The molecule has 0 aliphatic heterocycles. The van der Waals surface area contributed by atoms with Crippen molar-refractivity contribution in [1.82, 2.24) is 24.3 Å². The maximum atomic E-state index is 12.9. The number of pyridine rings is 1. The summed E-state index contributed by atoms with van der Waals surface area (Å²) >= 11 is 0. The normalized spacial score (nSPS) is 13.3. The van der Waals surface area contributed by atoms with E-state index in [1.165, 1.54) is 0 Å². The van der Waals surface area contributed by atoms with E-state index in [9.17, 15) is 4.79 Å². The SMILES string of the molecule is O=C(Cc1ccc(-n2cnc3cccnc32)cc1)Nc1cc(C2CC2)nn1-c1ccccc1. The zero-order chi connectivity index (χ0) is 22.2. The monoisotopic (exact) mass is 434 g/mol. The van der Waals surface area contributed by atoms with E-state index in [1.54, 1.807) is 12.5 Å². The van der Waals surface area contributed by atoms with Crippen molar-refractivity contribution in [2.24, 2.45) is 0 Å². The molecule has 2 aromatic carbocycles. The summed E-state index contributed by atoms with van der Waals surface area (Å²) in [6, 6.07) is 23.6. The summed E-state index contributed by atoms with van der Waals surface area (Å²) in [5.74, 6) is 1.14. The number of carbonyl (C=O) groups is 1. The molecule has 1 saturated carbocycles. The zero-order valence-corrected chi connectivity index (χ0v) is 17.9. The van der Waals surface area contributed by atoms with Crippen LogP contribution in [0.25, 0.3) is 22.5 Å². The van der Waals surface area contributed by atoms with Crippen molar-refractivity contribution < 1.29 is 4.79 Å². The minimum atomic E-state index is -0.0723. The number of benzene rings is 2. The number of para-hydroxylation sites is 1. The van der Waals surface area contributed by atoms with Gasteiger partial charge in [-0.3, -0.25) is 9.36 Å². The molecule has 1 N–H and O–H groups in total. The Kier molecular flexibility index (Phi) is 4.72. The molecule has 7 heteroatoms. The van der Waals surface area contributed by atoms with Crippen LogP contribution in [-0.2, 0) is 11.2 Å². The molecule has 1 fully saturated rings. The molecular weight excluding hydrogens is 412 g/mol. The Balaban J connectivity index is 1.20. The number of amides is 1. The molecule has 0 unspecified atom stereocenters. The number of imidazole rings is 1. The second-order valence-electron chi connectivity index (χ2n) is 8.33. The molecule has 6 rings (SSSR count). The number of rotatable bonds is 6. The third kappa shape index (κ3) is 3.89. The number of aromatic nitrogens is 5. The molecule has 1 amide bonds. The lowest BCUT2D eigenvalue weighted by Crippen LogP contribution is -2.17. The third-order valence-corrected chi connectivity index (χ3v) is 5.88. The maximum Gasteiger partial charge on any atom is 0.229 e. The van der Waals surface area contributed by atoms with Crippen molar-refractivity contribution in [3.8, 4) is 11.4 Å². The fourth-order valence-electron chi connectivity index (χ4n) is 4.02. The Morgan fingerprint density at radius 2 is 1.76 bits per heavy atom. The van der Waals surface area contributed by atoms with Crippen LogP contribution in [0.5, 0.6) is 0 Å². The van der Waals surface area contributed by atoms with Crippen molar-refractivity contribution in [1.29, 1.82) is 0 Å². The van der Waals surface area contributed by atoms with Gasteiger partial charge in [0.1, 0.15) is 17.7 Å². The van der Waals surface area contributed by atoms with Gasteiger partial charge in [-0.25, -0.2) is 14.6 Å². The summed E-state index contributed by atoms with van der Waals surface area (Å²) in [6.07, 6.45) is 6.12. The summed E-state index contributed by atoms with van der Waals surface area (Å²) in [5.41, 5.74) is 5.52. The van der Waals surface area contributed by atoms with Crippen LogP contribution in [0.1, 0.15) is 30.0 Å². The number of hydrogen-bond acceptors (Lipinski definition) is 4. The van der Waals surface area contributed by atoms with Crippen LogP contribution in [0.15, 0.2) is 85.3 Å². The van der Waals surface area contributed by atoms with E-state index in [2.05, 4.69) is 15.3 Å². The van der Waals surface area contributed by atoms with E-state index in [-0.39, 0.29) is 12.3 Å². The predicted octanol–water partition coefficient (Wildman–Crippen LogP) is 4.66. The molecule has 1 aliphatic carbocycles. The van der Waals surface area contributed by atoms with Crippen LogP contribution < -0.4 is 5.32 Å². The number of nitrogens with one attached hydrogen (secondary N) is 1. The Bertz CT molecular complexity index is 1430. The molecule has 1 aliphatic rings. The highest BCUT2D eigenvalue weighted by molar-refractivity contribution is 5.92. The summed E-state index contributed by atoms with van der Waals surface area (Å²) in [5, 5.41) is 7.82. The van der Waals surface area contributed by atoms with Crippen molar-refractivity contribution in [2.75, 3.05) is 5.32 Å². The van der Waals surface area contributed by atoms with Crippen LogP contribution >= 0.6 is 0 Å². The van der Waals surface area contributed by atoms with Crippen LogP contribution in [0.4, 0.5) is 5.82 Å². The molecular formula is C26H22N6O. The molecule has 33 heavy (non-hydrogen) atoms. The summed E-state index contributed by atoms with van der Waals surface area (Å²) in [7, 11) is 0. The lowest BCUT2D eigenvalue weighted by molar-refractivity contribution is -0.115. The van der Waals surface area contributed by atoms with E-state index in [1.807, 2.05) is 82.0 Å². The molecule has 0 bridgehead atoms. The second kappa shape index (κ2) is 8.02. The van der Waals surface area contributed by atoms with Gasteiger partial charge >= 0.3 is 0 Å².